The zero-order valence-electron chi connectivity index (χ0n) is 11.3. The normalized spacial score (nSPS) is 36.4. The Bertz CT molecular complexity index is 328. The maximum absolute atomic E-state index is 12.0. The molecule has 1 saturated heterocycles. The summed E-state index contributed by atoms with van der Waals surface area (Å²) in [5, 5.41) is 19.8. The maximum Gasteiger partial charge on any atom is 0.410 e. The SMILES string of the molecule is CC(C)(C)OC(=O)N1CCCC2(C1)C(O)CC2O. The fraction of sp³-hybridized carbons (Fsp3) is 0.923. The van der Waals surface area contributed by atoms with Crippen LogP contribution in [-0.2, 0) is 4.74 Å². The van der Waals surface area contributed by atoms with Crippen LogP contribution in [0.25, 0.3) is 0 Å². The van der Waals surface area contributed by atoms with Crippen molar-refractivity contribution in [2.24, 2.45) is 5.41 Å². The fourth-order valence-corrected chi connectivity index (χ4v) is 2.88. The van der Waals surface area contributed by atoms with Crippen LogP contribution in [0.15, 0.2) is 0 Å². The van der Waals surface area contributed by atoms with Gasteiger partial charge in [-0.05, 0) is 33.6 Å². The highest BCUT2D eigenvalue weighted by molar-refractivity contribution is 5.68. The number of carbonyl (C=O) groups is 1. The largest absolute Gasteiger partial charge is 0.444 e. The number of amides is 1. The van der Waals surface area contributed by atoms with Gasteiger partial charge in [-0.1, -0.05) is 0 Å². The van der Waals surface area contributed by atoms with Crippen LogP contribution < -0.4 is 0 Å². The summed E-state index contributed by atoms with van der Waals surface area (Å²) in [6.07, 6.45) is 0.632. The van der Waals surface area contributed by atoms with E-state index in [-0.39, 0.29) is 6.09 Å². The second kappa shape index (κ2) is 4.38. The standard InChI is InChI=1S/C13H23NO4/c1-12(2,3)18-11(17)14-6-4-5-13(8-14)9(15)7-10(13)16/h9-10,15-16H,4-8H2,1-3H3. The molecule has 2 unspecified atom stereocenters. The van der Waals surface area contributed by atoms with Gasteiger partial charge >= 0.3 is 6.09 Å². The fourth-order valence-electron chi connectivity index (χ4n) is 2.88. The molecular weight excluding hydrogens is 234 g/mol. The minimum atomic E-state index is -0.519. The molecule has 1 saturated carbocycles. The monoisotopic (exact) mass is 257 g/mol. The van der Waals surface area contributed by atoms with Gasteiger partial charge in [0.25, 0.3) is 0 Å². The van der Waals surface area contributed by atoms with Gasteiger partial charge in [0.1, 0.15) is 5.60 Å². The van der Waals surface area contributed by atoms with E-state index in [0.717, 1.165) is 12.8 Å². The van der Waals surface area contributed by atoms with Gasteiger partial charge in [0.2, 0.25) is 0 Å². The summed E-state index contributed by atoms with van der Waals surface area (Å²) in [4.78, 5) is 13.6. The maximum atomic E-state index is 12.0. The lowest BCUT2D eigenvalue weighted by atomic mass is 9.59. The first-order valence-corrected chi connectivity index (χ1v) is 6.59. The Morgan fingerprint density at radius 2 is 1.94 bits per heavy atom. The van der Waals surface area contributed by atoms with E-state index in [0.29, 0.717) is 19.5 Å². The summed E-state index contributed by atoms with van der Waals surface area (Å²) in [6.45, 7) is 6.52. The molecule has 2 N–H and O–H groups in total. The van der Waals surface area contributed by atoms with Gasteiger partial charge < -0.3 is 19.8 Å². The third-order valence-corrected chi connectivity index (χ3v) is 3.98. The van der Waals surface area contributed by atoms with E-state index in [1.54, 1.807) is 4.90 Å². The summed E-state index contributed by atoms with van der Waals surface area (Å²) in [7, 11) is 0. The van der Waals surface area contributed by atoms with Crippen LogP contribution in [0.1, 0.15) is 40.0 Å². The molecule has 5 nitrogen and oxygen atoms in total. The smallest absolute Gasteiger partial charge is 0.410 e. The summed E-state index contributed by atoms with van der Waals surface area (Å²) < 4.78 is 5.33. The number of carbonyl (C=O) groups excluding carboxylic acids is 1. The van der Waals surface area contributed by atoms with Crippen molar-refractivity contribution >= 4 is 6.09 Å². The quantitative estimate of drug-likeness (QED) is 0.682. The average Bonchev–Trinajstić information content (AvgIpc) is 2.27. The van der Waals surface area contributed by atoms with Crippen LogP contribution in [0.2, 0.25) is 0 Å². The summed E-state index contributed by atoms with van der Waals surface area (Å²) in [5.41, 5.74) is -1.03. The number of aliphatic hydroxyl groups is 2. The predicted octanol–water partition coefficient (Wildman–Crippen LogP) is 1.13. The van der Waals surface area contributed by atoms with Gasteiger partial charge in [0.05, 0.1) is 12.2 Å². The molecule has 2 rings (SSSR count). The molecule has 1 amide bonds. The van der Waals surface area contributed by atoms with Crippen LogP contribution >= 0.6 is 0 Å². The van der Waals surface area contributed by atoms with Crippen molar-refractivity contribution in [3.63, 3.8) is 0 Å². The molecule has 2 fully saturated rings. The van der Waals surface area contributed by atoms with Crippen molar-refractivity contribution in [1.82, 2.24) is 4.90 Å². The number of hydrogen-bond acceptors (Lipinski definition) is 4. The van der Waals surface area contributed by atoms with Crippen LogP contribution in [0.5, 0.6) is 0 Å². The van der Waals surface area contributed by atoms with Crippen molar-refractivity contribution < 1.29 is 19.7 Å². The number of nitrogens with zero attached hydrogens (tertiary/aromatic N) is 1. The zero-order chi connectivity index (χ0) is 13.6. The second-order valence-electron chi connectivity index (χ2n) is 6.51. The molecule has 1 heterocycles. The lowest BCUT2D eigenvalue weighted by Crippen LogP contribution is -2.65. The molecule has 0 radical (unpaired) electrons. The summed E-state index contributed by atoms with van der Waals surface area (Å²) >= 11 is 0. The van der Waals surface area contributed by atoms with Gasteiger partial charge in [-0.15, -0.1) is 0 Å². The number of aliphatic hydroxyl groups excluding tert-OH is 2. The lowest BCUT2D eigenvalue weighted by Gasteiger charge is -2.55. The zero-order valence-corrected chi connectivity index (χ0v) is 11.3. The van der Waals surface area contributed by atoms with Crippen molar-refractivity contribution in [1.29, 1.82) is 0 Å². The van der Waals surface area contributed by atoms with Crippen molar-refractivity contribution in [2.75, 3.05) is 13.1 Å². The minimum Gasteiger partial charge on any atom is -0.444 e. The molecule has 18 heavy (non-hydrogen) atoms. The first-order valence-electron chi connectivity index (χ1n) is 6.59. The van der Waals surface area contributed by atoms with Crippen molar-refractivity contribution in [3.8, 4) is 0 Å². The van der Waals surface area contributed by atoms with E-state index in [9.17, 15) is 15.0 Å². The van der Waals surface area contributed by atoms with Gasteiger partial charge in [0, 0.05) is 24.9 Å². The van der Waals surface area contributed by atoms with Crippen LogP contribution in [0.4, 0.5) is 4.79 Å². The lowest BCUT2D eigenvalue weighted by molar-refractivity contribution is -0.190. The number of ether oxygens (including phenoxy) is 1. The summed E-state index contributed by atoms with van der Waals surface area (Å²) in [5.74, 6) is 0. The molecule has 1 aliphatic heterocycles. The Hall–Kier alpha value is -0.810. The molecule has 104 valence electrons. The Morgan fingerprint density at radius 1 is 1.33 bits per heavy atom. The molecular formula is C13H23NO4. The Kier molecular flexibility index (Phi) is 3.32. The molecule has 0 aromatic rings. The number of hydrogen-bond donors (Lipinski definition) is 2. The highest BCUT2D eigenvalue weighted by Gasteiger charge is 2.56. The second-order valence-corrected chi connectivity index (χ2v) is 6.51. The number of rotatable bonds is 0. The van der Waals surface area contributed by atoms with Gasteiger partial charge in [-0.2, -0.15) is 0 Å². The highest BCUT2D eigenvalue weighted by Crippen LogP contribution is 2.48. The van der Waals surface area contributed by atoms with Crippen LogP contribution in [-0.4, -0.2) is 52.1 Å². The van der Waals surface area contributed by atoms with Gasteiger partial charge in [-0.3, -0.25) is 0 Å². The first-order chi connectivity index (χ1) is 8.24. The third-order valence-electron chi connectivity index (χ3n) is 3.98. The highest BCUT2D eigenvalue weighted by atomic mass is 16.6. The Balaban J connectivity index is 2.01. The topological polar surface area (TPSA) is 70.0 Å². The number of likely N-dealkylation sites (tertiary alicyclic amines) is 1. The summed E-state index contributed by atoms with van der Waals surface area (Å²) in [6, 6.07) is 0. The molecule has 0 aromatic carbocycles. The number of piperidine rings is 1. The molecule has 2 atom stereocenters. The van der Waals surface area contributed by atoms with E-state index >= 15 is 0 Å². The van der Waals surface area contributed by atoms with Gasteiger partial charge in [-0.25, -0.2) is 4.79 Å². The predicted molar refractivity (Wildman–Crippen MR) is 66.1 cm³/mol. The minimum absolute atomic E-state index is 0.354. The van der Waals surface area contributed by atoms with E-state index in [1.165, 1.54) is 0 Å². The molecule has 0 aromatic heterocycles. The third kappa shape index (κ3) is 2.34. The van der Waals surface area contributed by atoms with E-state index < -0.39 is 23.2 Å². The molecule has 0 bridgehead atoms. The van der Waals surface area contributed by atoms with E-state index in [2.05, 4.69) is 0 Å². The Morgan fingerprint density at radius 3 is 2.44 bits per heavy atom. The van der Waals surface area contributed by atoms with E-state index in [4.69, 9.17) is 4.74 Å². The first kappa shape index (κ1) is 13.6. The molecule has 2 aliphatic rings. The Labute approximate surface area is 108 Å². The van der Waals surface area contributed by atoms with Crippen molar-refractivity contribution in [2.45, 2.75) is 57.8 Å². The molecule has 5 heteroatoms. The van der Waals surface area contributed by atoms with Crippen LogP contribution in [0.3, 0.4) is 0 Å². The molecule has 1 spiro atoms. The van der Waals surface area contributed by atoms with Crippen molar-refractivity contribution in [3.05, 3.63) is 0 Å². The average molecular weight is 257 g/mol. The molecule has 1 aliphatic carbocycles. The van der Waals surface area contributed by atoms with Crippen LogP contribution in [0, 0.1) is 5.41 Å². The van der Waals surface area contributed by atoms with E-state index in [1.807, 2.05) is 20.8 Å². The van der Waals surface area contributed by atoms with Gasteiger partial charge in [0.15, 0.2) is 0 Å².